The number of thiol groups is 1. The second-order valence-corrected chi connectivity index (χ2v) is 2.84. The zero-order valence-corrected chi connectivity index (χ0v) is 6.35. The molecule has 0 aromatic carbocycles. The highest BCUT2D eigenvalue weighted by atomic mass is 32.2. The molecule has 3 nitrogen and oxygen atoms in total. The lowest BCUT2D eigenvalue weighted by atomic mass is 10.4. The van der Waals surface area contributed by atoms with Gasteiger partial charge in [-0.3, -0.25) is 0 Å². The molecule has 0 saturated carbocycles. The third-order valence-electron chi connectivity index (χ3n) is 1.01. The summed E-state index contributed by atoms with van der Waals surface area (Å²) in [5, 5.41) is 0. The Labute approximate surface area is 64.8 Å². The van der Waals surface area contributed by atoms with Crippen LogP contribution in [0.5, 0.6) is 0 Å². The average Bonchev–Trinajstić information content (AvgIpc) is 1.85. The van der Waals surface area contributed by atoms with Gasteiger partial charge < -0.3 is 0 Å². The van der Waals surface area contributed by atoms with Crippen molar-refractivity contribution in [1.82, 2.24) is 4.98 Å². The lowest BCUT2D eigenvalue weighted by Gasteiger charge is -1.91. The molecule has 0 N–H and O–H groups in total. The summed E-state index contributed by atoms with van der Waals surface area (Å²) < 4.78 is 32.5. The van der Waals surface area contributed by atoms with E-state index in [4.69, 9.17) is 0 Å². The predicted octanol–water partition coefficient (Wildman–Crippen LogP) is 0.132. The van der Waals surface area contributed by atoms with Crippen molar-refractivity contribution in [3.8, 4) is 0 Å². The number of nitrogens with zero attached hydrogens (tertiary/aromatic N) is 1. The Bertz CT molecular complexity index is 316. The maximum Gasteiger partial charge on any atom is 0.221 e. The molecule has 0 amide bonds. The molecule has 0 unspecified atom stereocenters. The Morgan fingerprint density at radius 2 is 2.36 bits per heavy atom. The van der Waals surface area contributed by atoms with Crippen LogP contribution in [-0.4, -0.2) is 13.4 Å². The number of rotatable bonds is 2. The molecule has 0 aliphatic rings. The van der Waals surface area contributed by atoms with Gasteiger partial charge in [0, 0.05) is 6.07 Å². The lowest BCUT2D eigenvalue weighted by molar-refractivity contribution is 0.575. The van der Waals surface area contributed by atoms with Crippen LogP contribution in [0.15, 0.2) is 12.1 Å². The molecular weight excluding hydrogens is 169 g/mol. The molecule has 1 aromatic rings. The van der Waals surface area contributed by atoms with E-state index in [1.54, 1.807) is 0 Å². The normalized spacial score (nSPS) is 10.4. The topological polar surface area (TPSA) is 47.0 Å². The van der Waals surface area contributed by atoms with Crippen LogP contribution in [0.2, 0.25) is 0 Å². The molecule has 59 valence electrons. The molecule has 0 fully saturated rings. The molecule has 5 heteroatoms. The number of pyridine rings is 1. The van der Waals surface area contributed by atoms with E-state index in [0.29, 0.717) is 0 Å². The minimum absolute atomic E-state index is 0.206. The Kier molecular flexibility index (Phi) is 2.53. The van der Waals surface area contributed by atoms with Crippen LogP contribution in [0.4, 0.5) is 4.39 Å². The van der Waals surface area contributed by atoms with Gasteiger partial charge in [-0.25, -0.2) is 13.4 Å². The van der Waals surface area contributed by atoms with Crippen LogP contribution in [-0.2, 0) is 16.5 Å². The predicted molar refractivity (Wildman–Crippen MR) is 37.0 cm³/mol. The fourth-order valence-electron chi connectivity index (χ4n) is 0.623. The first kappa shape index (κ1) is 8.13. The molecule has 0 atom stereocenters. The number of hydrogen-bond donors (Lipinski definition) is 1. The van der Waals surface area contributed by atoms with E-state index in [-0.39, 0.29) is 11.4 Å². The third kappa shape index (κ3) is 2.63. The van der Waals surface area contributed by atoms with Gasteiger partial charge in [0.1, 0.15) is 10.7 Å². The molecule has 1 rings (SSSR count). The Balaban J connectivity index is 2.87. The number of halogens is 1. The fourth-order valence-corrected chi connectivity index (χ4v) is 1.06. The van der Waals surface area contributed by atoms with Crippen molar-refractivity contribution in [2.75, 3.05) is 0 Å². The highest BCUT2D eigenvalue weighted by Crippen LogP contribution is 1.97. The van der Waals surface area contributed by atoms with Crippen LogP contribution >= 0.6 is 0 Å². The first-order valence-electron chi connectivity index (χ1n) is 2.83. The van der Waals surface area contributed by atoms with Crippen molar-refractivity contribution >= 4 is 10.7 Å². The van der Waals surface area contributed by atoms with E-state index in [1.165, 1.54) is 12.1 Å². The molecule has 0 saturated heterocycles. The number of aromatic nitrogens is 1. The summed E-state index contributed by atoms with van der Waals surface area (Å²) in [5.74, 6) is -1.000. The smallest absolute Gasteiger partial charge is 0.221 e. The lowest BCUT2D eigenvalue weighted by Crippen LogP contribution is -1.93. The molecule has 0 bridgehead atoms. The highest BCUT2D eigenvalue weighted by molar-refractivity contribution is 7.71. The first-order valence-corrected chi connectivity index (χ1v) is 4.19. The number of hydrogen-bond acceptors (Lipinski definition) is 3. The van der Waals surface area contributed by atoms with Crippen LogP contribution in [0.1, 0.15) is 5.69 Å². The average molecular weight is 174 g/mol. The highest BCUT2D eigenvalue weighted by Gasteiger charge is 1.96. The summed E-state index contributed by atoms with van der Waals surface area (Å²) in [6.45, 7) is 0. The van der Waals surface area contributed by atoms with Crippen molar-refractivity contribution in [2.45, 2.75) is 5.75 Å². The molecule has 1 heterocycles. The monoisotopic (exact) mass is 174 g/mol. The maximum atomic E-state index is 12.3. The van der Waals surface area contributed by atoms with E-state index < -0.39 is 16.7 Å². The van der Waals surface area contributed by atoms with Crippen molar-refractivity contribution < 1.29 is 12.8 Å². The third-order valence-corrected chi connectivity index (χ3v) is 1.59. The van der Waals surface area contributed by atoms with E-state index in [9.17, 15) is 12.8 Å². The second kappa shape index (κ2) is 3.43. The zero-order valence-electron chi connectivity index (χ0n) is 5.45. The Hall–Kier alpha value is -0.970. The molecule has 0 spiro atoms. The largest absolute Gasteiger partial charge is 0.231 e. The Morgan fingerprint density at radius 3 is 2.91 bits per heavy atom. The molecule has 1 aromatic heterocycles. The summed E-state index contributed by atoms with van der Waals surface area (Å²) in [4.78, 5) is 3.31. The van der Waals surface area contributed by atoms with Crippen LogP contribution in [0.25, 0.3) is 0 Å². The van der Waals surface area contributed by atoms with Crippen molar-refractivity contribution in [3.63, 3.8) is 0 Å². The van der Waals surface area contributed by atoms with Crippen LogP contribution in [0.3, 0.4) is 0 Å². The van der Waals surface area contributed by atoms with Crippen LogP contribution < -0.4 is 0 Å². The standard InChI is InChI=1S/C6H5FNO2S/c7-6-3-1-2-5(8-6)4-11(9)10/h1-2,11H,4H2. The molecule has 0 aliphatic heterocycles. The summed E-state index contributed by atoms with van der Waals surface area (Å²) in [6.07, 6.45) is 0. The SMILES string of the molecule is O=[SH](=O)Cc1cc[c]c(F)n1. The first-order chi connectivity index (χ1) is 5.18. The molecule has 11 heavy (non-hydrogen) atoms. The summed E-state index contributed by atoms with van der Waals surface area (Å²) in [5.41, 5.74) is 0.206. The molecule has 0 aliphatic carbocycles. The van der Waals surface area contributed by atoms with E-state index in [2.05, 4.69) is 11.1 Å². The van der Waals surface area contributed by atoms with Gasteiger partial charge in [-0.15, -0.1) is 0 Å². The Morgan fingerprint density at radius 1 is 1.64 bits per heavy atom. The van der Waals surface area contributed by atoms with Crippen LogP contribution in [0, 0.1) is 12.0 Å². The van der Waals surface area contributed by atoms with Crippen molar-refractivity contribution in [3.05, 3.63) is 29.8 Å². The van der Waals surface area contributed by atoms with Gasteiger partial charge in [0.25, 0.3) is 0 Å². The minimum atomic E-state index is -2.53. The van der Waals surface area contributed by atoms with Crippen molar-refractivity contribution in [1.29, 1.82) is 0 Å². The second-order valence-electron chi connectivity index (χ2n) is 1.86. The van der Waals surface area contributed by atoms with Gasteiger partial charge in [0.15, 0.2) is 0 Å². The van der Waals surface area contributed by atoms with Gasteiger partial charge >= 0.3 is 0 Å². The quantitative estimate of drug-likeness (QED) is 0.512. The molecular formula is C6H5FNO2S. The van der Waals surface area contributed by atoms with Gasteiger partial charge in [-0.1, -0.05) is 0 Å². The maximum absolute atomic E-state index is 12.3. The van der Waals surface area contributed by atoms with Gasteiger partial charge in [0.05, 0.1) is 11.4 Å². The molecule has 1 radical (unpaired) electrons. The van der Waals surface area contributed by atoms with Gasteiger partial charge in [-0.05, 0) is 12.1 Å². The summed E-state index contributed by atoms with van der Waals surface area (Å²) in [6, 6.07) is 4.88. The van der Waals surface area contributed by atoms with Gasteiger partial charge in [-0.2, -0.15) is 4.39 Å². The fraction of sp³-hybridized carbons (Fsp3) is 0.167. The van der Waals surface area contributed by atoms with E-state index in [1.807, 2.05) is 0 Å². The van der Waals surface area contributed by atoms with Crippen molar-refractivity contribution in [2.24, 2.45) is 0 Å². The van der Waals surface area contributed by atoms with E-state index >= 15 is 0 Å². The van der Waals surface area contributed by atoms with E-state index in [0.717, 1.165) is 0 Å². The summed E-state index contributed by atoms with van der Waals surface area (Å²) >= 11 is 0. The minimum Gasteiger partial charge on any atom is -0.231 e. The summed E-state index contributed by atoms with van der Waals surface area (Å²) in [7, 11) is -2.53. The van der Waals surface area contributed by atoms with Gasteiger partial charge in [0.2, 0.25) is 5.95 Å². The zero-order chi connectivity index (χ0) is 8.27.